The summed E-state index contributed by atoms with van der Waals surface area (Å²) in [4.78, 5) is 21.1. The molecule has 1 heterocycles. The van der Waals surface area contributed by atoms with E-state index in [2.05, 4.69) is 10.6 Å². The second-order valence-corrected chi connectivity index (χ2v) is 4.51. The minimum absolute atomic E-state index is 0.0621. The zero-order valence-electron chi connectivity index (χ0n) is 10.3. The van der Waals surface area contributed by atoms with Gasteiger partial charge in [-0.2, -0.15) is 0 Å². The van der Waals surface area contributed by atoms with E-state index >= 15 is 0 Å². The number of nitro benzene ring substituents is 1. The van der Waals surface area contributed by atoms with E-state index in [-0.39, 0.29) is 23.4 Å². The van der Waals surface area contributed by atoms with E-state index in [4.69, 9.17) is 0 Å². The van der Waals surface area contributed by atoms with Crippen molar-refractivity contribution >= 4 is 11.6 Å². The number of benzene rings is 1. The van der Waals surface area contributed by atoms with Crippen molar-refractivity contribution in [2.24, 2.45) is 0 Å². The molecule has 1 aliphatic heterocycles. The zero-order chi connectivity index (χ0) is 13.8. The van der Waals surface area contributed by atoms with Crippen LogP contribution in [0.25, 0.3) is 0 Å². The summed E-state index contributed by atoms with van der Waals surface area (Å²) < 4.78 is 0. The molecule has 1 aromatic carbocycles. The first-order chi connectivity index (χ1) is 9.06. The Bertz CT molecular complexity index is 504. The molecule has 0 aromatic heterocycles. The Hall–Kier alpha value is -2.15. The Labute approximate surface area is 109 Å². The third kappa shape index (κ3) is 3.41. The monoisotopic (exact) mass is 265 g/mol. The fourth-order valence-corrected chi connectivity index (χ4v) is 2.05. The van der Waals surface area contributed by atoms with Crippen molar-refractivity contribution in [2.75, 3.05) is 6.54 Å². The van der Waals surface area contributed by atoms with Gasteiger partial charge in [-0.15, -0.1) is 0 Å². The number of nitrogens with zero attached hydrogens (tertiary/aromatic N) is 1. The molecule has 7 nitrogen and oxygen atoms in total. The molecule has 102 valence electrons. The number of nitro groups is 1. The molecule has 0 saturated carbocycles. The van der Waals surface area contributed by atoms with Crippen LogP contribution in [-0.2, 0) is 11.3 Å². The largest absolute Gasteiger partial charge is 0.502 e. The summed E-state index contributed by atoms with van der Waals surface area (Å²) in [6.07, 6.45) is 1.36. The molecule has 19 heavy (non-hydrogen) atoms. The van der Waals surface area contributed by atoms with Crippen LogP contribution in [0, 0.1) is 10.1 Å². The van der Waals surface area contributed by atoms with Crippen molar-refractivity contribution in [1.82, 2.24) is 10.6 Å². The molecule has 1 amide bonds. The molecule has 1 saturated heterocycles. The number of phenolic OH excluding ortho intramolecular Hbond substituents is 1. The second-order valence-electron chi connectivity index (χ2n) is 4.51. The van der Waals surface area contributed by atoms with E-state index in [1.165, 1.54) is 12.1 Å². The minimum Gasteiger partial charge on any atom is -0.502 e. The van der Waals surface area contributed by atoms with Crippen LogP contribution in [0.1, 0.15) is 18.4 Å². The quantitative estimate of drug-likeness (QED) is 0.536. The highest BCUT2D eigenvalue weighted by molar-refractivity contribution is 5.78. The van der Waals surface area contributed by atoms with Gasteiger partial charge in [-0.1, -0.05) is 6.07 Å². The number of rotatable bonds is 5. The van der Waals surface area contributed by atoms with E-state index in [9.17, 15) is 20.0 Å². The molecule has 0 bridgehead atoms. The van der Waals surface area contributed by atoms with Gasteiger partial charge in [-0.3, -0.25) is 14.9 Å². The van der Waals surface area contributed by atoms with Gasteiger partial charge in [-0.25, -0.2) is 0 Å². The first-order valence-electron chi connectivity index (χ1n) is 6.02. The number of hydrogen-bond acceptors (Lipinski definition) is 5. The van der Waals surface area contributed by atoms with Crippen LogP contribution < -0.4 is 10.6 Å². The molecule has 1 atom stereocenters. The number of hydrogen-bond donors (Lipinski definition) is 3. The number of carbonyl (C=O) groups excluding carboxylic acids is 1. The first-order valence-corrected chi connectivity index (χ1v) is 6.02. The molecule has 1 fully saturated rings. The predicted molar refractivity (Wildman–Crippen MR) is 67.6 cm³/mol. The molecular formula is C12H15N3O4. The minimum atomic E-state index is -0.615. The number of nitrogens with one attached hydrogen (secondary N) is 2. The van der Waals surface area contributed by atoms with Gasteiger partial charge in [0.2, 0.25) is 5.91 Å². The van der Waals surface area contributed by atoms with E-state index in [1.54, 1.807) is 6.07 Å². The van der Waals surface area contributed by atoms with Crippen LogP contribution in [0.2, 0.25) is 0 Å². The standard InChI is InChI=1S/C12H15N3O4/c16-11-3-1-8(5-10(11)15(18)19)6-13-7-9-2-4-12(17)14-9/h1,3,5,9,13,16H,2,4,6-7H2,(H,14,17). The van der Waals surface area contributed by atoms with Gasteiger partial charge in [0.15, 0.2) is 5.75 Å². The molecule has 2 rings (SSSR count). The Morgan fingerprint density at radius 1 is 1.53 bits per heavy atom. The Balaban J connectivity index is 1.87. The lowest BCUT2D eigenvalue weighted by Gasteiger charge is -2.11. The normalized spacial score (nSPS) is 18.3. The van der Waals surface area contributed by atoms with E-state index in [1.807, 2.05) is 0 Å². The maximum atomic E-state index is 11.0. The van der Waals surface area contributed by atoms with Crippen molar-refractivity contribution in [2.45, 2.75) is 25.4 Å². The summed E-state index contributed by atoms with van der Waals surface area (Å²) in [6.45, 7) is 1.08. The van der Waals surface area contributed by atoms with E-state index < -0.39 is 4.92 Å². The lowest BCUT2D eigenvalue weighted by molar-refractivity contribution is -0.385. The Morgan fingerprint density at radius 2 is 2.32 bits per heavy atom. The highest BCUT2D eigenvalue weighted by Gasteiger charge is 2.20. The number of amides is 1. The Kier molecular flexibility index (Phi) is 3.96. The zero-order valence-corrected chi connectivity index (χ0v) is 10.3. The van der Waals surface area contributed by atoms with E-state index in [0.29, 0.717) is 25.1 Å². The van der Waals surface area contributed by atoms with Crippen LogP contribution in [-0.4, -0.2) is 28.5 Å². The number of aromatic hydroxyl groups is 1. The van der Waals surface area contributed by atoms with Crippen LogP contribution in [0.4, 0.5) is 5.69 Å². The molecule has 0 radical (unpaired) electrons. The second kappa shape index (κ2) is 5.66. The van der Waals surface area contributed by atoms with Crippen molar-refractivity contribution in [3.05, 3.63) is 33.9 Å². The molecular weight excluding hydrogens is 250 g/mol. The third-order valence-corrected chi connectivity index (χ3v) is 3.04. The fraction of sp³-hybridized carbons (Fsp3) is 0.417. The summed E-state index contributed by atoms with van der Waals surface area (Å²) in [5.41, 5.74) is 0.419. The molecule has 3 N–H and O–H groups in total. The lowest BCUT2D eigenvalue weighted by Crippen LogP contribution is -2.35. The predicted octanol–water partition coefficient (Wildman–Crippen LogP) is 0.669. The average molecular weight is 265 g/mol. The van der Waals surface area contributed by atoms with Crippen LogP contribution in [0.5, 0.6) is 5.75 Å². The van der Waals surface area contributed by atoms with Gasteiger partial charge in [0.1, 0.15) is 0 Å². The number of carbonyl (C=O) groups is 1. The van der Waals surface area contributed by atoms with Crippen LogP contribution in [0.3, 0.4) is 0 Å². The van der Waals surface area contributed by atoms with Crippen molar-refractivity contribution in [3.8, 4) is 5.75 Å². The summed E-state index contributed by atoms with van der Waals surface area (Å²) in [5, 5.41) is 26.0. The summed E-state index contributed by atoms with van der Waals surface area (Å²) >= 11 is 0. The molecule has 1 aromatic rings. The third-order valence-electron chi connectivity index (χ3n) is 3.04. The van der Waals surface area contributed by atoms with E-state index in [0.717, 1.165) is 6.42 Å². The van der Waals surface area contributed by atoms with Gasteiger partial charge in [0.25, 0.3) is 0 Å². The molecule has 7 heteroatoms. The van der Waals surface area contributed by atoms with Crippen molar-refractivity contribution in [1.29, 1.82) is 0 Å². The van der Waals surface area contributed by atoms with Crippen molar-refractivity contribution in [3.63, 3.8) is 0 Å². The molecule has 0 spiro atoms. The smallest absolute Gasteiger partial charge is 0.311 e. The van der Waals surface area contributed by atoms with Gasteiger partial charge in [0, 0.05) is 31.6 Å². The SMILES string of the molecule is O=C1CCC(CNCc2ccc(O)c([N+](=O)[O-])c2)N1. The summed E-state index contributed by atoms with van der Waals surface area (Å²) in [5.74, 6) is -0.274. The van der Waals surface area contributed by atoms with Crippen LogP contribution >= 0.6 is 0 Å². The average Bonchev–Trinajstić information content (AvgIpc) is 2.77. The summed E-state index contributed by atoms with van der Waals surface area (Å²) in [7, 11) is 0. The number of phenols is 1. The molecule has 0 aliphatic carbocycles. The highest BCUT2D eigenvalue weighted by atomic mass is 16.6. The van der Waals surface area contributed by atoms with Crippen molar-refractivity contribution < 1.29 is 14.8 Å². The Morgan fingerprint density at radius 3 is 2.95 bits per heavy atom. The molecule has 1 aliphatic rings. The first kappa shape index (κ1) is 13.3. The maximum Gasteiger partial charge on any atom is 0.311 e. The topological polar surface area (TPSA) is 104 Å². The van der Waals surface area contributed by atoms with Gasteiger partial charge < -0.3 is 15.7 Å². The van der Waals surface area contributed by atoms with Gasteiger partial charge in [-0.05, 0) is 18.1 Å². The maximum absolute atomic E-state index is 11.0. The fourth-order valence-electron chi connectivity index (χ4n) is 2.05. The highest BCUT2D eigenvalue weighted by Crippen LogP contribution is 2.26. The molecule has 1 unspecified atom stereocenters. The lowest BCUT2D eigenvalue weighted by atomic mass is 10.1. The van der Waals surface area contributed by atoms with Gasteiger partial charge >= 0.3 is 5.69 Å². The van der Waals surface area contributed by atoms with Crippen LogP contribution in [0.15, 0.2) is 18.2 Å². The van der Waals surface area contributed by atoms with Gasteiger partial charge in [0.05, 0.1) is 4.92 Å². The summed E-state index contributed by atoms with van der Waals surface area (Å²) in [6, 6.07) is 4.41.